The fourth-order valence-electron chi connectivity index (χ4n) is 3.29. The molecule has 0 aromatic heterocycles. The third-order valence-corrected chi connectivity index (χ3v) is 4.62. The van der Waals surface area contributed by atoms with E-state index in [1.807, 2.05) is 0 Å². The SMILES string of the molecule is Cl.O=C(CNC(=O)NC1CCCCC1)NCCC1CCCNC1. The number of hydrogen-bond donors (Lipinski definition) is 4. The van der Waals surface area contributed by atoms with Crippen LogP contribution in [0.3, 0.4) is 0 Å². The first-order chi connectivity index (χ1) is 10.7. The van der Waals surface area contributed by atoms with Gasteiger partial charge in [0.15, 0.2) is 0 Å². The summed E-state index contributed by atoms with van der Waals surface area (Å²) >= 11 is 0. The zero-order chi connectivity index (χ0) is 15.6. The van der Waals surface area contributed by atoms with Crippen molar-refractivity contribution in [3.05, 3.63) is 0 Å². The average Bonchev–Trinajstić information content (AvgIpc) is 2.55. The molecule has 1 saturated heterocycles. The topological polar surface area (TPSA) is 82.3 Å². The van der Waals surface area contributed by atoms with Crippen LogP contribution in [-0.2, 0) is 4.79 Å². The van der Waals surface area contributed by atoms with Gasteiger partial charge in [-0.15, -0.1) is 12.4 Å². The van der Waals surface area contributed by atoms with E-state index in [1.165, 1.54) is 32.1 Å². The van der Waals surface area contributed by atoms with Gasteiger partial charge >= 0.3 is 6.03 Å². The maximum Gasteiger partial charge on any atom is 0.315 e. The lowest BCUT2D eigenvalue weighted by atomic mass is 9.96. The first-order valence-electron chi connectivity index (χ1n) is 8.76. The van der Waals surface area contributed by atoms with Crippen molar-refractivity contribution in [3.63, 3.8) is 0 Å². The van der Waals surface area contributed by atoms with E-state index in [2.05, 4.69) is 21.3 Å². The van der Waals surface area contributed by atoms with Gasteiger partial charge in [0.25, 0.3) is 0 Å². The highest BCUT2D eigenvalue weighted by Crippen LogP contribution is 2.17. The average molecular weight is 347 g/mol. The highest BCUT2D eigenvalue weighted by molar-refractivity contribution is 5.85. The molecule has 0 spiro atoms. The molecule has 1 aliphatic heterocycles. The molecule has 2 rings (SSSR count). The van der Waals surface area contributed by atoms with Gasteiger partial charge in [0.2, 0.25) is 5.91 Å². The van der Waals surface area contributed by atoms with E-state index in [9.17, 15) is 9.59 Å². The van der Waals surface area contributed by atoms with E-state index in [4.69, 9.17) is 0 Å². The number of piperidine rings is 1. The molecule has 23 heavy (non-hydrogen) atoms. The zero-order valence-corrected chi connectivity index (χ0v) is 14.7. The van der Waals surface area contributed by atoms with Crippen LogP contribution in [0.5, 0.6) is 0 Å². The van der Waals surface area contributed by atoms with E-state index in [0.29, 0.717) is 12.5 Å². The van der Waals surface area contributed by atoms with Gasteiger partial charge in [-0.05, 0) is 51.1 Å². The summed E-state index contributed by atoms with van der Waals surface area (Å²) in [6.07, 6.45) is 9.20. The second-order valence-electron chi connectivity index (χ2n) is 6.51. The second-order valence-corrected chi connectivity index (χ2v) is 6.51. The number of rotatable bonds is 6. The molecule has 1 heterocycles. The highest BCUT2D eigenvalue weighted by atomic mass is 35.5. The lowest BCUT2D eigenvalue weighted by Crippen LogP contribution is -2.46. The number of hydrogen-bond acceptors (Lipinski definition) is 3. The van der Waals surface area contributed by atoms with Crippen molar-refractivity contribution in [3.8, 4) is 0 Å². The molecule has 2 fully saturated rings. The quantitative estimate of drug-likeness (QED) is 0.589. The number of halogens is 1. The summed E-state index contributed by atoms with van der Waals surface area (Å²) in [4.78, 5) is 23.4. The fourth-order valence-corrected chi connectivity index (χ4v) is 3.29. The Bertz CT molecular complexity index is 356. The lowest BCUT2D eigenvalue weighted by molar-refractivity contribution is -0.120. The van der Waals surface area contributed by atoms with E-state index in [1.54, 1.807) is 0 Å². The van der Waals surface area contributed by atoms with E-state index in [-0.39, 0.29) is 36.9 Å². The molecular formula is C16H31ClN4O2. The second kappa shape index (κ2) is 11.5. The maximum atomic E-state index is 11.7. The van der Waals surface area contributed by atoms with Gasteiger partial charge in [-0.3, -0.25) is 4.79 Å². The minimum Gasteiger partial charge on any atom is -0.355 e. The Morgan fingerprint density at radius 1 is 1.00 bits per heavy atom. The van der Waals surface area contributed by atoms with Gasteiger partial charge in [0.05, 0.1) is 6.54 Å². The van der Waals surface area contributed by atoms with Gasteiger partial charge in [-0.1, -0.05) is 19.3 Å². The summed E-state index contributed by atoms with van der Waals surface area (Å²) < 4.78 is 0. The largest absolute Gasteiger partial charge is 0.355 e. The van der Waals surface area contributed by atoms with Crippen LogP contribution in [0.2, 0.25) is 0 Å². The van der Waals surface area contributed by atoms with Crippen molar-refractivity contribution in [2.45, 2.75) is 57.4 Å². The summed E-state index contributed by atoms with van der Waals surface area (Å²) in [6, 6.07) is 0.0501. The number of carbonyl (C=O) groups excluding carboxylic acids is 2. The summed E-state index contributed by atoms with van der Waals surface area (Å²) in [7, 11) is 0. The van der Waals surface area contributed by atoms with Crippen molar-refractivity contribution < 1.29 is 9.59 Å². The molecule has 134 valence electrons. The number of amides is 3. The minimum absolute atomic E-state index is 0. The molecular weight excluding hydrogens is 316 g/mol. The molecule has 1 aliphatic carbocycles. The van der Waals surface area contributed by atoms with Crippen LogP contribution < -0.4 is 21.3 Å². The van der Waals surface area contributed by atoms with Crippen LogP contribution in [0.15, 0.2) is 0 Å². The summed E-state index contributed by atoms with van der Waals surface area (Å²) in [5.74, 6) is 0.555. The van der Waals surface area contributed by atoms with Crippen molar-refractivity contribution >= 4 is 24.3 Å². The van der Waals surface area contributed by atoms with E-state index >= 15 is 0 Å². The Balaban J connectivity index is 0.00000264. The van der Waals surface area contributed by atoms with Crippen molar-refractivity contribution in [2.24, 2.45) is 5.92 Å². The van der Waals surface area contributed by atoms with Crippen LogP contribution in [0.4, 0.5) is 4.79 Å². The summed E-state index contributed by atoms with van der Waals surface area (Å²) in [5.41, 5.74) is 0. The fraction of sp³-hybridized carbons (Fsp3) is 0.875. The molecule has 3 amide bonds. The Morgan fingerprint density at radius 3 is 2.48 bits per heavy atom. The summed E-state index contributed by atoms with van der Waals surface area (Å²) in [5, 5.41) is 11.8. The van der Waals surface area contributed by atoms with Gasteiger partial charge < -0.3 is 21.3 Å². The number of urea groups is 1. The minimum atomic E-state index is -0.224. The van der Waals surface area contributed by atoms with Crippen LogP contribution >= 0.6 is 12.4 Å². The third kappa shape index (κ3) is 8.42. The monoisotopic (exact) mass is 346 g/mol. The molecule has 2 aliphatic rings. The Labute approximate surface area is 145 Å². The molecule has 0 aromatic rings. The van der Waals surface area contributed by atoms with Crippen molar-refractivity contribution in [1.82, 2.24) is 21.3 Å². The molecule has 7 heteroatoms. The van der Waals surface area contributed by atoms with Crippen molar-refractivity contribution in [1.29, 1.82) is 0 Å². The number of nitrogens with one attached hydrogen (secondary N) is 4. The van der Waals surface area contributed by atoms with Crippen molar-refractivity contribution in [2.75, 3.05) is 26.2 Å². The Kier molecular flexibility index (Phi) is 10.0. The van der Waals surface area contributed by atoms with E-state index < -0.39 is 0 Å². The third-order valence-electron chi connectivity index (χ3n) is 4.62. The van der Waals surface area contributed by atoms with E-state index in [0.717, 1.165) is 32.4 Å². The normalized spacial score (nSPS) is 21.8. The molecule has 1 unspecified atom stereocenters. The lowest BCUT2D eigenvalue weighted by Gasteiger charge is -2.23. The first-order valence-corrected chi connectivity index (χ1v) is 8.76. The molecule has 1 saturated carbocycles. The van der Waals surface area contributed by atoms with Gasteiger partial charge in [-0.25, -0.2) is 4.79 Å². The van der Waals surface area contributed by atoms with Crippen LogP contribution in [0.1, 0.15) is 51.4 Å². The Morgan fingerprint density at radius 2 is 1.78 bits per heavy atom. The standard InChI is InChI=1S/C16H30N4O2.ClH/c21-15(18-10-8-13-5-4-9-17-11-13)12-19-16(22)20-14-6-2-1-3-7-14;/h13-14,17H,1-12H2,(H,18,21)(H2,19,20,22);1H. The summed E-state index contributed by atoms with van der Waals surface area (Å²) in [6.45, 7) is 2.92. The molecule has 0 bridgehead atoms. The molecule has 0 radical (unpaired) electrons. The maximum absolute atomic E-state index is 11.7. The first kappa shape index (κ1) is 20.0. The highest BCUT2D eigenvalue weighted by Gasteiger charge is 2.16. The van der Waals surface area contributed by atoms with Crippen LogP contribution in [0, 0.1) is 5.92 Å². The smallest absolute Gasteiger partial charge is 0.315 e. The van der Waals surface area contributed by atoms with Gasteiger partial charge in [0.1, 0.15) is 0 Å². The predicted molar refractivity (Wildman–Crippen MR) is 93.9 cm³/mol. The van der Waals surface area contributed by atoms with Crippen LogP contribution in [0.25, 0.3) is 0 Å². The Hall–Kier alpha value is -1.01. The van der Waals surface area contributed by atoms with Crippen LogP contribution in [-0.4, -0.2) is 44.2 Å². The molecule has 1 atom stereocenters. The molecule has 6 nitrogen and oxygen atoms in total. The number of carbonyl (C=O) groups is 2. The molecule has 4 N–H and O–H groups in total. The van der Waals surface area contributed by atoms with Gasteiger partial charge in [-0.2, -0.15) is 0 Å². The zero-order valence-electron chi connectivity index (χ0n) is 13.9. The predicted octanol–water partition coefficient (Wildman–Crippen LogP) is 1.55. The molecule has 0 aromatic carbocycles. The van der Waals surface area contributed by atoms with Gasteiger partial charge in [0, 0.05) is 12.6 Å².